The van der Waals surface area contributed by atoms with Crippen LogP contribution in [0.25, 0.3) is 0 Å². The molecular formula is C18H25N3O3. The first kappa shape index (κ1) is 18.0. The van der Waals surface area contributed by atoms with Gasteiger partial charge >= 0.3 is 0 Å². The summed E-state index contributed by atoms with van der Waals surface area (Å²) in [4.78, 5) is 37.8. The molecule has 6 nitrogen and oxygen atoms in total. The zero-order valence-corrected chi connectivity index (χ0v) is 14.3. The van der Waals surface area contributed by atoms with Gasteiger partial charge in [0.05, 0.1) is 0 Å². The Labute approximate surface area is 142 Å². The molecule has 24 heavy (non-hydrogen) atoms. The molecule has 1 aromatic rings. The molecule has 1 aliphatic rings. The summed E-state index contributed by atoms with van der Waals surface area (Å²) < 4.78 is 0. The van der Waals surface area contributed by atoms with Gasteiger partial charge in [-0.3, -0.25) is 14.4 Å². The molecule has 1 aliphatic heterocycles. The molecule has 6 heteroatoms. The fourth-order valence-corrected chi connectivity index (χ4v) is 2.94. The number of rotatable bonds is 7. The van der Waals surface area contributed by atoms with Crippen LogP contribution in [0.15, 0.2) is 24.3 Å². The standard InChI is InChI=1S/C18H25N3O3/c1-3-15(21-10-6-9-16(21)22)18(24)20-12-13-7-5-8-14(11-13)17(23)19-4-2/h5,7-8,11,15H,3-4,6,9-10,12H2,1-2H3,(H,19,23)(H,20,24)/t15-/m0/s1. The molecule has 1 saturated heterocycles. The Kier molecular flexibility index (Phi) is 6.35. The molecule has 0 spiro atoms. The molecule has 0 radical (unpaired) electrons. The summed E-state index contributed by atoms with van der Waals surface area (Å²) in [6, 6.07) is 6.77. The lowest BCUT2D eigenvalue weighted by Gasteiger charge is -2.25. The molecule has 0 aliphatic carbocycles. The maximum atomic E-state index is 12.4. The second-order valence-corrected chi connectivity index (χ2v) is 5.89. The minimum Gasteiger partial charge on any atom is -0.352 e. The van der Waals surface area contributed by atoms with E-state index < -0.39 is 6.04 Å². The predicted molar refractivity (Wildman–Crippen MR) is 91.3 cm³/mol. The summed E-state index contributed by atoms with van der Waals surface area (Å²) >= 11 is 0. The van der Waals surface area contributed by atoms with Crippen molar-refractivity contribution >= 4 is 17.7 Å². The van der Waals surface area contributed by atoms with Crippen LogP contribution >= 0.6 is 0 Å². The summed E-state index contributed by atoms with van der Waals surface area (Å²) in [6.07, 6.45) is 1.94. The Bertz CT molecular complexity index is 615. The Morgan fingerprint density at radius 3 is 2.67 bits per heavy atom. The van der Waals surface area contributed by atoms with E-state index in [1.165, 1.54) is 0 Å². The van der Waals surface area contributed by atoms with Gasteiger partial charge in [-0.05, 0) is 37.5 Å². The average molecular weight is 331 g/mol. The number of benzene rings is 1. The summed E-state index contributed by atoms with van der Waals surface area (Å²) in [5.74, 6) is -0.217. The topological polar surface area (TPSA) is 78.5 Å². The van der Waals surface area contributed by atoms with Gasteiger partial charge in [0.2, 0.25) is 11.8 Å². The zero-order valence-electron chi connectivity index (χ0n) is 14.3. The summed E-state index contributed by atoms with van der Waals surface area (Å²) in [5.41, 5.74) is 1.43. The first-order valence-corrected chi connectivity index (χ1v) is 8.51. The highest BCUT2D eigenvalue weighted by Gasteiger charge is 2.31. The third kappa shape index (κ3) is 4.34. The molecule has 0 unspecified atom stereocenters. The number of hydrogen-bond donors (Lipinski definition) is 2. The van der Waals surface area contributed by atoms with E-state index in [2.05, 4.69) is 10.6 Å². The van der Waals surface area contributed by atoms with E-state index in [1.807, 2.05) is 19.9 Å². The van der Waals surface area contributed by atoms with Crippen LogP contribution in [0.1, 0.15) is 49.0 Å². The van der Waals surface area contributed by atoms with Crippen molar-refractivity contribution in [1.29, 1.82) is 0 Å². The summed E-state index contributed by atoms with van der Waals surface area (Å²) in [5, 5.41) is 5.63. The fourth-order valence-electron chi connectivity index (χ4n) is 2.94. The molecule has 1 aromatic carbocycles. The van der Waals surface area contributed by atoms with Crippen LogP contribution in [0.5, 0.6) is 0 Å². The van der Waals surface area contributed by atoms with Crippen molar-refractivity contribution in [3.63, 3.8) is 0 Å². The van der Waals surface area contributed by atoms with Crippen molar-refractivity contribution in [2.24, 2.45) is 0 Å². The highest BCUT2D eigenvalue weighted by Crippen LogP contribution is 2.16. The quantitative estimate of drug-likeness (QED) is 0.794. The summed E-state index contributed by atoms with van der Waals surface area (Å²) in [6.45, 7) is 5.34. The number of nitrogens with zero attached hydrogens (tertiary/aromatic N) is 1. The average Bonchev–Trinajstić information content (AvgIpc) is 3.00. The Hall–Kier alpha value is -2.37. The second kappa shape index (κ2) is 8.47. The Morgan fingerprint density at radius 1 is 1.25 bits per heavy atom. The first-order valence-electron chi connectivity index (χ1n) is 8.51. The Morgan fingerprint density at radius 2 is 2.04 bits per heavy atom. The van der Waals surface area contributed by atoms with Gasteiger partial charge in [0.15, 0.2) is 0 Å². The second-order valence-electron chi connectivity index (χ2n) is 5.89. The lowest BCUT2D eigenvalue weighted by molar-refractivity contribution is -0.137. The van der Waals surface area contributed by atoms with Crippen molar-refractivity contribution in [2.75, 3.05) is 13.1 Å². The molecule has 1 atom stereocenters. The highest BCUT2D eigenvalue weighted by molar-refractivity contribution is 5.94. The largest absolute Gasteiger partial charge is 0.352 e. The normalized spacial score (nSPS) is 15.2. The van der Waals surface area contributed by atoms with E-state index in [9.17, 15) is 14.4 Å². The van der Waals surface area contributed by atoms with Crippen LogP contribution in [0, 0.1) is 0 Å². The molecule has 0 aromatic heterocycles. The van der Waals surface area contributed by atoms with E-state index >= 15 is 0 Å². The van der Waals surface area contributed by atoms with Crippen LogP contribution < -0.4 is 10.6 Å². The molecule has 130 valence electrons. The third-order valence-corrected chi connectivity index (χ3v) is 4.17. The minimum atomic E-state index is -0.411. The number of carbonyl (C=O) groups excluding carboxylic acids is 3. The molecular weight excluding hydrogens is 306 g/mol. The lowest BCUT2D eigenvalue weighted by atomic mass is 10.1. The van der Waals surface area contributed by atoms with E-state index in [0.29, 0.717) is 38.0 Å². The molecule has 0 bridgehead atoms. The Balaban J connectivity index is 1.96. The molecule has 0 saturated carbocycles. The van der Waals surface area contributed by atoms with Gasteiger partial charge in [0.1, 0.15) is 6.04 Å². The van der Waals surface area contributed by atoms with Crippen molar-refractivity contribution in [2.45, 2.75) is 45.7 Å². The molecule has 2 rings (SSSR count). The van der Waals surface area contributed by atoms with E-state index in [1.54, 1.807) is 23.1 Å². The number of nitrogens with one attached hydrogen (secondary N) is 2. The number of carbonyl (C=O) groups is 3. The minimum absolute atomic E-state index is 0.0511. The number of hydrogen-bond acceptors (Lipinski definition) is 3. The molecule has 2 N–H and O–H groups in total. The summed E-state index contributed by atoms with van der Waals surface area (Å²) in [7, 11) is 0. The van der Waals surface area contributed by atoms with Crippen LogP contribution in [-0.4, -0.2) is 41.8 Å². The van der Waals surface area contributed by atoms with Crippen LogP contribution in [-0.2, 0) is 16.1 Å². The van der Waals surface area contributed by atoms with Gasteiger partial charge in [-0.25, -0.2) is 0 Å². The predicted octanol–water partition coefficient (Wildman–Crippen LogP) is 1.45. The van der Waals surface area contributed by atoms with Crippen LogP contribution in [0.2, 0.25) is 0 Å². The van der Waals surface area contributed by atoms with E-state index in [4.69, 9.17) is 0 Å². The molecule has 1 heterocycles. The zero-order chi connectivity index (χ0) is 17.5. The van der Waals surface area contributed by atoms with Crippen molar-refractivity contribution < 1.29 is 14.4 Å². The van der Waals surface area contributed by atoms with Crippen molar-refractivity contribution in [1.82, 2.24) is 15.5 Å². The van der Waals surface area contributed by atoms with Gasteiger partial charge in [0, 0.05) is 31.6 Å². The van der Waals surface area contributed by atoms with Gasteiger partial charge in [-0.15, -0.1) is 0 Å². The maximum Gasteiger partial charge on any atom is 0.251 e. The SMILES string of the molecule is CCNC(=O)c1cccc(CNC(=O)[C@H](CC)N2CCCC2=O)c1. The van der Waals surface area contributed by atoms with Crippen molar-refractivity contribution in [3.8, 4) is 0 Å². The lowest BCUT2D eigenvalue weighted by Crippen LogP contribution is -2.46. The van der Waals surface area contributed by atoms with Crippen LogP contribution in [0.3, 0.4) is 0 Å². The van der Waals surface area contributed by atoms with Gasteiger partial charge in [-0.1, -0.05) is 19.1 Å². The van der Waals surface area contributed by atoms with E-state index in [-0.39, 0.29) is 17.7 Å². The monoisotopic (exact) mass is 331 g/mol. The maximum absolute atomic E-state index is 12.4. The smallest absolute Gasteiger partial charge is 0.251 e. The van der Waals surface area contributed by atoms with E-state index in [0.717, 1.165) is 12.0 Å². The van der Waals surface area contributed by atoms with Crippen LogP contribution in [0.4, 0.5) is 0 Å². The first-order chi connectivity index (χ1) is 11.6. The third-order valence-electron chi connectivity index (χ3n) is 4.17. The van der Waals surface area contributed by atoms with Gasteiger partial charge in [0.25, 0.3) is 5.91 Å². The van der Waals surface area contributed by atoms with Gasteiger partial charge < -0.3 is 15.5 Å². The number of likely N-dealkylation sites (tertiary alicyclic amines) is 1. The van der Waals surface area contributed by atoms with Gasteiger partial charge in [-0.2, -0.15) is 0 Å². The fraction of sp³-hybridized carbons (Fsp3) is 0.500. The van der Waals surface area contributed by atoms with Crippen molar-refractivity contribution in [3.05, 3.63) is 35.4 Å². The highest BCUT2D eigenvalue weighted by atomic mass is 16.2. The number of amides is 3. The molecule has 3 amide bonds. The molecule has 1 fully saturated rings.